The summed E-state index contributed by atoms with van der Waals surface area (Å²) in [6.45, 7) is 0. The fourth-order valence-electron chi connectivity index (χ4n) is 2.62. The predicted molar refractivity (Wildman–Crippen MR) is 95.2 cm³/mol. The third kappa shape index (κ3) is 4.51. The molecule has 0 fully saturated rings. The highest BCUT2D eigenvalue weighted by Gasteiger charge is 2.31. The van der Waals surface area contributed by atoms with Gasteiger partial charge in [0, 0.05) is 0 Å². The van der Waals surface area contributed by atoms with Crippen molar-refractivity contribution in [1.29, 1.82) is 0 Å². The molecule has 0 aliphatic rings. The maximum atomic E-state index is 12.8. The first-order valence-electron chi connectivity index (χ1n) is 7.86. The first-order valence-corrected chi connectivity index (χ1v) is 9.20. The number of benzene rings is 3. The number of rotatable bonds is 3. The number of hydrogen-bond donors (Lipinski definition) is 0. The Morgan fingerprint density at radius 3 is 1.11 bits per heavy atom. The van der Waals surface area contributed by atoms with Crippen molar-refractivity contribution in [2.75, 3.05) is 0 Å². The molecule has 3 aromatic carbocycles. The quantitative estimate of drug-likeness (QED) is 0.405. The molecule has 0 saturated heterocycles. The van der Waals surface area contributed by atoms with E-state index in [1.165, 1.54) is 24.3 Å². The Hall–Kier alpha value is -2.33. The lowest BCUT2D eigenvalue weighted by molar-refractivity contribution is -0.138. The van der Waals surface area contributed by atoms with Crippen molar-refractivity contribution < 1.29 is 26.3 Å². The molecule has 7 heteroatoms. The van der Waals surface area contributed by atoms with Crippen molar-refractivity contribution in [3.05, 3.63) is 90.0 Å². The zero-order valence-electron chi connectivity index (χ0n) is 13.7. The van der Waals surface area contributed by atoms with E-state index in [2.05, 4.69) is 0 Å². The van der Waals surface area contributed by atoms with Crippen LogP contribution in [0.2, 0.25) is 0 Å². The van der Waals surface area contributed by atoms with E-state index in [4.69, 9.17) is 0 Å². The summed E-state index contributed by atoms with van der Waals surface area (Å²) < 4.78 is 76.9. The number of alkyl halides is 6. The van der Waals surface area contributed by atoms with Crippen LogP contribution >= 0.6 is 7.92 Å². The van der Waals surface area contributed by atoms with Crippen LogP contribution in [0.25, 0.3) is 0 Å². The largest absolute Gasteiger partial charge is 0.416 e. The van der Waals surface area contributed by atoms with Gasteiger partial charge in [-0.25, -0.2) is 0 Å². The third-order valence-corrected chi connectivity index (χ3v) is 6.36. The SMILES string of the molecule is FC(F)(F)c1ccc(P(c2ccccc2)c2ccc(C(F)(F)F)cc2)cc1. The van der Waals surface area contributed by atoms with Crippen LogP contribution in [0.1, 0.15) is 11.1 Å². The van der Waals surface area contributed by atoms with Gasteiger partial charge in [0.2, 0.25) is 0 Å². The van der Waals surface area contributed by atoms with E-state index >= 15 is 0 Å². The minimum Gasteiger partial charge on any atom is -0.166 e. The fraction of sp³-hybridized carbons (Fsp3) is 0.100. The van der Waals surface area contributed by atoms with E-state index in [9.17, 15) is 26.3 Å². The molecule has 0 atom stereocenters. The van der Waals surface area contributed by atoms with Crippen molar-refractivity contribution >= 4 is 23.8 Å². The van der Waals surface area contributed by atoms with Crippen LogP contribution in [0.3, 0.4) is 0 Å². The van der Waals surface area contributed by atoms with Crippen molar-refractivity contribution in [3.63, 3.8) is 0 Å². The molecule has 0 unspecified atom stereocenters. The normalized spacial score (nSPS) is 12.4. The molecule has 0 aliphatic heterocycles. The van der Waals surface area contributed by atoms with Crippen LogP contribution in [-0.2, 0) is 12.4 Å². The second-order valence-electron chi connectivity index (χ2n) is 5.76. The van der Waals surface area contributed by atoms with Gasteiger partial charge in [-0.2, -0.15) is 26.3 Å². The molecule has 0 saturated carbocycles. The summed E-state index contributed by atoms with van der Waals surface area (Å²) in [7, 11) is -1.28. The van der Waals surface area contributed by atoms with Crippen molar-refractivity contribution in [3.8, 4) is 0 Å². The molecule has 0 spiro atoms. The van der Waals surface area contributed by atoms with Crippen molar-refractivity contribution in [2.24, 2.45) is 0 Å². The second-order valence-corrected chi connectivity index (χ2v) is 7.98. The fourth-order valence-corrected chi connectivity index (χ4v) is 4.88. The van der Waals surface area contributed by atoms with Gasteiger partial charge in [0.25, 0.3) is 0 Å². The van der Waals surface area contributed by atoms with Gasteiger partial charge in [0.15, 0.2) is 0 Å². The lowest BCUT2D eigenvalue weighted by Crippen LogP contribution is -2.21. The lowest BCUT2D eigenvalue weighted by Gasteiger charge is -2.20. The maximum Gasteiger partial charge on any atom is 0.416 e. The Morgan fingerprint density at radius 1 is 0.444 bits per heavy atom. The maximum absolute atomic E-state index is 12.8. The average Bonchev–Trinajstić information content (AvgIpc) is 2.62. The van der Waals surface area contributed by atoms with Gasteiger partial charge in [0.1, 0.15) is 0 Å². The summed E-state index contributed by atoms with van der Waals surface area (Å²) >= 11 is 0. The van der Waals surface area contributed by atoms with Gasteiger partial charge in [-0.05, 0) is 48.1 Å². The summed E-state index contributed by atoms with van der Waals surface area (Å²) in [5, 5.41) is 2.10. The van der Waals surface area contributed by atoms with E-state index < -0.39 is 31.4 Å². The molecule has 0 nitrogen and oxygen atoms in total. The molecule has 3 aromatic rings. The van der Waals surface area contributed by atoms with Gasteiger partial charge < -0.3 is 0 Å². The van der Waals surface area contributed by atoms with Gasteiger partial charge >= 0.3 is 12.4 Å². The Bertz CT molecular complexity index is 824. The summed E-state index contributed by atoms with van der Waals surface area (Å²) in [4.78, 5) is 0. The van der Waals surface area contributed by atoms with E-state index in [1.807, 2.05) is 12.1 Å². The molecule has 0 aromatic heterocycles. The van der Waals surface area contributed by atoms with E-state index in [-0.39, 0.29) is 0 Å². The van der Waals surface area contributed by atoms with Crippen LogP contribution < -0.4 is 15.9 Å². The van der Waals surface area contributed by atoms with Crippen molar-refractivity contribution in [2.45, 2.75) is 12.4 Å². The number of halogens is 6. The molecule has 0 bridgehead atoms. The molecular weight excluding hydrogens is 385 g/mol. The Kier molecular flexibility index (Phi) is 5.29. The number of hydrogen-bond acceptors (Lipinski definition) is 0. The first kappa shape index (κ1) is 19.4. The predicted octanol–water partition coefficient (Wildman–Crippen LogP) is 5.48. The highest BCUT2D eigenvalue weighted by molar-refractivity contribution is 7.79. The van der Waals surface area contributed by atoms with E-state index in [0.717, 1.165) is 29.6 Å². The summed E-state index contributed by atoms with van der Waals surface area (Å²) in [5.74, 6) is 0. The van der Waals surface area contributed by atoms with E-state index in [0.29, 0.717) is 10.6 Å². The summed E-state index contributed by atoms with van der Waals surface area (Å²) in [6.07, 6.45) is -8.88. The topological polar surface area (TPSA) is 0 Å². The minimum atomic E-state index is -4.44. The average molecular weight is 398 g/mol. The lowest BCUT2D eigenvalue weighted by atomic mass is 10.2. The summed E-state index contributed by atoms with van der Waals surface area (Å²) in [6, 6.07) is 18.6. The van der Waals surface area contributed by atoms with E-state index in [1.54, 1.807) is 18.2 Å². The Labute approximate surface area is 153 Å². The minimum absolute atomic E-state index is 0.629. The van der Waals surface area contributed by atoms with Crippen LogP contribution in [0.5, 0.6) is 0 Å². The Balaban J connectivity index is 2.05. The van der Waals surface area contributed by atoms with Crippen LogP contribution in [0, 0.1) is 0 Å². The van der Waals surface area contributed by atoms with Gasteiger partial charge in [0.05, 0.1) is 11.1 Å². The molecule has 0 radical (unpaired) electrons. The monoisotopic (exact) mass is 398 g/mol. The van der Waals surface area contributed by atoms with Gasteiger partial charge in [-0.3, -0.25) is 0 Å². The zero-order chi connectivity index (χ0) is 19.7. The highest BCUT2D eigenvalue weighted by Crippen LogP contribution is 2.36. The van der Waals surface area contributed by atoms with Gasteiger partial charge in [-0.1, -0.05) is 54.6 Å². The second kappa shape index (κ2) is 7.35. The first-order chi connectivity index (χ1) is 12.7. The Morgan fingerprint density at radius 2 is 0.778 bits per heavy atom. The standard InChI is InChI=1S/C20H13F6P/c21-19(22,23)14-6-10-17(11-7-14)27(16-4-2-1-3-5-16)18-12-8-15(9-13-18)20(24,25)26/h1-13H. The molecule has 27 heavy (non-hydrogen) atoms. The molecular formula is C20H13F6P. The molecule has 140 valence electrons. The van der Waals surface area contributed by atoms with Crippen LogP contribution in [-0.4, -0.2) is 0 Å². The van der Waals surface area contributed by atoms with Crippen LogP contribution in [0.4, 0.5) is 26.3 Å². The van der Waals surface area contributed by atoms with Gasteiger partial charge in [-0.15, -0.1) is 0 Å². The molecule has 0 N–H and O–H groups in total. The molecule has 0 aliphatic carbocycles. The van der Waals surface area contributed by atoms with Crippen LogP contribution in [0.15, 0.2) is 78.9 Å². The molecule has 0 amide bonds. The molecule has 3 rings (SSSR count). The smallest absolute Gasteiger partial charge is 0.166 e. The summed E-state index contributed by atoms with van der Waals surface area (Å²) in [5.41, 5.74) is -1.52. The molecule has 0 heterocycles. The third-order valence-electron chi connectivity index (χ3n) is 3.92. The zero-order valence-corrected chi connectivity index (χ0v) is 14.6. The highest BCUT2D eigenvalue weighted by atomic mass is 31.1. The van der Waals surface area contributed by atoms with Crippen molar-refractivity contribution in [1.82, 2.24) is 0 Å².